The Bertz CT molecular complexity index is 366. The second-order valence-corrected chi connectivity index (χ2v) is 4.33. The Hall–Kier alpha value is -1.06. The van der Waals surface area contributed by atoms with Gasteiger partial charge >= 0.3 is 0 Å². The molecule has 0 amide bonds. The zero-order chi connectivity index (χ0) is 12.0. The maximum absolute atomic E-state index is 9.30. The first kappa shape index (κ1) is 13.0. The summed E-state index contributed by atoms with van der Waals surface area (Å²) in [4.78, 5) is 2.11. The van der Waals surface area contributed by atoms with Crippen molar-refractivity contribution >= 4 is 21.6 Å². The third-order valence-corrected chi connectivity index (χ3v) is 2.75. The average molecular weight is 282 g/mol. The van der Waals surface area contributed by atoms with Crippen molar-refractivity contribution < 1.29 is 5.11 Å². The zero-order valence-electron chi connectivity index (χ0n) is 9.19. The number of hydrogen-bond donors (Lipinski definition) is 1. The normalized spacial score (nSPS) is 9.88. The van der Waals surface area contributed by atoms with Gasteiger partial charge in [0.15, 0.2) is 0 Å². The molecule has 0 spiro atoms. The molecule has 0 atom stereocenters. The number of anilines is 1. The highest BCUT2D eigenvalue weighted by molar-refractivity contribution is 9.10. The molecule has 0 aromatic heterocycles. The van der Waals surface area contributed by atoms with E-state index in [0.29, 0.717) is 0 Å². The summed E-state index contributed by atoms with van der Waals surface area (Å²) in [5.41, 5.74) is 1.92. The van der Waals surface area contributed by atoms with Gasteiger partial charge in [-0.25, -0.2) is 0 Å². The van der Waals surface area contributed by atoms with E-state index in [1.54, 1.807) is 0 Å². The van der Waals surface area contributed by atoms with Crippen LogP contribution in [0.4, 0.5) is 5.69 Å². The first-order valence-corrected chi connectivity index (χ1v) is 5.88. The summed E-state index contributed by atoms with van der Waals surface area (Å²) < 4.78 is 0.998. The molecule has 1 N–H and O–H groups in total. The summed E-state index contributed by atoms with van der Waals surface area (Å²) in [5.74, 6) is 0. The molecule has 2 nitrogen and oxygen atoms in total. The lowest BCUT2D eigenvalue weighted by atomic mass is 10.1. The van der Waals surface area contributed by atoms with Gasteiger partial charge in [0.25, 0.3) is 0 Å². The molecular weight excluding hydrogens is 266 g/mol. The second-order valence-electron chi connectivity index (χ2n) is 3.41. The lowest BCUT2D eigenvalue weighted by molar-refractivity contribution is 0.282. The second kappa shape index (κ2) is 6.51. The topological polar surface area (TPSA) is 23.5 Å². The van der Waals surface area contributed by atoms with Crippen molar-refractivity contribution in [1.29, 1.82) is 0 Å². The maximum Gasteiger partial charge on any atom is 0.0702 e. The molecule has 1 rings (SSSR count). The van der Waals surface area contributed by atoms with Crippen LogP contribution in [0.15, 0.2) is 48.0 Å². The van der Waals surface area contributed by atoms with Crippen molar-refractivity contribution in [3.63, 3.8) is 0 Å². The van der Waals surface area contributed by atoms with Gasteiger partial charge in [0.05, 0.1) is 6.61 Å². The molecule has 86 valence electrons. The zero-order valence-corrected chi connectivity index (χ0v) is 10.8. The van der Waals surface area contributed by atoms with E-state index in [2.05, 4.69) is 34.0 Å². The molecule has 3 heteroatoms. The van der Waals surface area contributed by atoms with E-state index in [4.69, 9.17) is 0 Å². The fourth-order valence-corrected chi connectivity index (χ4v) is 1.90. The molecule has 1 aromatic rings. The molecule has 0 aliphatic rings. The lowest BCUT2D eigenvalue weighted by Gasteiger charge is -2.24. The summed E-state index contributed by atoms with van der Waals surface area (Å²) in [5, 5.41) is 9.30. The van der Waals surface area contributed by atoms with Gasteiger partial charge in [-0.15, -0.1) is 13.2 Å². The highest BCUT2D eigenvalue weighted by Crippen LogP contribution is 2.25. The van der Waals surface area contributed by atoms with Crippen molar-refractivity contribution in [2.45, 2.75) is 6.61 Å². The van der Waals surface area contributed by atoms with Crippen LogP contribution in [0.5, 0.6) is 0 Å². The Balaban J connectivity index is 3.09. The Morgan fingerprint density at radius 3 is 2.38 bits per heavy atom. The molecule has 16 heavy (non-hydrogen) atoms. The number of benzene rings is 1. The minimum absolute atomic E-state index is 0.0351. The van der Waals surface area contributed by atoms with Gasteiger partial charge < -0.3 is 10.0 Å². The molecule has 0 heterocycles. The summed E-state index contributed by atoms with van der Waals surface area (Å²) >= 11 is 3.44. The van der Waals surface area contributed by atoms with Crippen molar-refractivity contribution in [2.75, 3.05) is 18.0 Å². The number of nitrogens with zero attached hydrogens (tertiary/aromatic N) is 1. The number of halogens is 1. The van der Waals surface area contributed by atoms with Crippen molar-refractivity contribution in [3.8, 4) is 0 Å². The van der Waals surface area contributed by atoms with E-state index in [1.807, 2.05) is 30.4 Å². The van der Waals surface area contributed by atoms with Gasteiger partial charge in [-0.3, -0.25) is 0 Å². The fourth-order valence-electron chi connectivity index (χ4n) is 1.55. The fraction of sp³-hybridized carbons (Fsp3) is 0.231. The molecule has 0 radical (unpaired) electrons. The smallest absolute Gasteiger partial charge is 0.0702 e. The Morgan fingerprint density at radius 2 is 1.88 bits per heavy atom. The third-order valence-electron chi connectivity index (χ3n) is 2.26. The van der Waals surface area contributed by atoms with Crippen LogP contribution in [0.1, 0.15) is 5.56 Å². The van der Waals surface area contributed by atoms with Crippen molar-refractivity contribution in [1.82, 2.24) is 0 Å². The summed E-state index contributed by atoms with van der Waals surface area (Å²) in [6, 6.07) is 5.84. The van der Waals surface area contributed by atoms with E-state index in [1.165, 1.54) is 0 Å². The quantitative estimate of drug-likeness (QED) is 0.810. The molecule has 0 aliphatic carbocycles. The van der Waals surface area contributed by atoms with Gasteiger partial charge in [0, 0.05) is 28.8 Å². The number of aliphatic hydroxyl groups is 1. The summed E-state index contributed by atoms with van der Waals surface area (Å²) in [6.07, 6.45) is 3.68. The van der Waals surface area contributed by atoms with Gasteiger partial charge in [-0.05, 0) is 12.1 Å². The van der Waals surface area contributed by atoms with E-state index in [0.717, 1.165) is 28.8 Å². The Labute approximate surface area is 105 Å². The van der Waals surface area contributed by atoms with Gasteiger partial charge in [0.2, 0.25) is 0 Å². The van der Waals surface area contributed by atoms with Crippen LogP contribution in [0.25, 0.3) is 0 Å². The molecule has 0 unspecified atom stereocenters. The highest BCUT2D eigenvalue weighted by Gasteiger charge is 2.08. The van der Waals surface area contributed by atoms with E-state index >= 15 is 0 Å². The van der Waals surface area contributed by atoms with E-state index in [9.17, 15) is 5.11 Å². The molecule has 0 saturated heterocycles. The minimum Gasteiger partial charge on any atom is -0.392 e. The number of aliphatic hydroxyl groups excluding tert-OH is 1. The van der Waals surface area contributed by atoms with Crippen LogP contribution < -0.4 is 4.90 Å². The maximum atomic E-state index is 9.30. The van der Waals surface area contributed by atoms with Gasteiger partial charge in [0.1, 0.15) is 0 Å². The van der Waals surface area contributed by atoms with Crippen LogP contribution in [0, 0.1) is 0 Å². The van der Waals surface area contributed by atoms with Crippen LogP contribution in [-0.4, -0.2) is 18.2 Å². The predicted molar refractivity (Wildman–Crippen MR) is 72.7 cm³/mol. The van der Waals surface area contributed by atoms with E-state index in [-0.39, 0.29) is 6.61 Å². The summed E-state index contributed by atoms with van der Waals surface area (Å²) in [6.45, 7) is 8.97. The van der Waals surface area contributed by atoms with Gasteiger partial charge in [-0.1, -0.05) is 34.1 Å². The molecule has 0 bridgehead atoms. The third kappa shape index (κ3) is 3.22. The first-order chi connectivity index (χ1) is 7.72. The van der Waals surface area contributed by atoms with Gasteiger partial charge in [-0.2, -0.15) is 0 Å². The molecule has 0 saturated carbocycles. The lowest BCUT2D eigenvalue weighted by Crippen LogP contribution is -2.24. The summed E-state index contributed by atoms with van der Waals surface area (Å²) in [7, 11) is 0. The SMILES string of the molecule is C=CCN(CC=C)c1cc(Br)ccc1CO. The van der Waals surface area contributed by atoms with E-state index < -0.39 is 0 Å². The number of rotatable bonds is 6. The van der Waals surface area contributed by atoms with Crippen molar-refractivity contribution in [3.05, 3.63) is 53.5 Å². The molecule has 0 fully saturated rings. The first-order valence-electron chi connectivity index (χ1n) is 5.09. The largest absolute Gasteiger partial charge is 0.392 e. The van der Waals surface area contributed by atoms with Crippen LogP contribution in [-0.2, 0) is 6.61 Å². The molecular formula is C13H16BrNO. The predicted octanol–water partition coefficient (Wildman–Crippen LogP) is 3.12. The standard InChI is InChI=1S/C13H16BrNO/c1-3-7-15(8-4-2)13-9-12(14)6-5-11(13)10-16/h3-6,9,16H,1-2,7-8,10H2. The molecule has 0 aliphatic heterocycles. The number of hydrogen-bond acceptors (Lipinski definition) is 2. The van der Waals surface area contributed by atoms with Crippen LogP contribution in [0.3, 0.4) is 0 Å². The van der Waals surface area contributed by atoms with Crippen LogP contribution >= 0.6 is 15.9 Å². The average Bonchev–Trinajstić information content (AvgIpc) is 2.29. The Kier molecular flexibility index (Phi) is 5.29. The Morgan fingerprint density at radius 1 is 1.25 bits per heavy atom. The monoisotopic (exact) mass is 281 g/mol. The highest BCUT2D eigenvalue weighted by atomic mass is 79.9. The van der Waals surface area contributed by atoms with Crippen LogP contribution in [0.2, 0.25) is 0 Å². The van der Waals surface area contributed by atoms with Crippen molar-refractivity contribution in [2.24, 2.45) is 0 Å². The minimum atomic E-state index is 0.0351. The molecule has 1 aromatic carbocycles.